The Morgan fingerprint density at radius 3 is 1.20 bits per heavy atom. The summed E-state index contributed by atoms with van der Waals surface area (Å²) in [5.41, 5.74) is 0. The van der Waals surface area contributed by atoms with Crippen molar-refractivity contribution >= 4 is 37.7 Å². The standard InChI is InChI=1S/CHN.Ca.H2O2.2H/c1-2;;1-2;;/h1H;;1-2H;;. The van der Waals surface area contributed by atoms with Gasteiger partial charge in [-0.15, -0.1) is 0 Å². The quantitative estimate of drug-likeness (QED) is 0.240. The fourth-order valence-electron chi connectivity index (χ4n) is 0. The number of rotatable bonds is 0. The molecule has 0 heterocycles. The van der Waals surface area contributed by atoms with Crippen molar-refractivity contribution in [3.8, 4) is 6.57 Å². The first-order valence-corrected chi connectivity index (χ1v) is 0.458. The molecule has 0 unspecified atom stereocenters. The molecule has 0 bridgehead atoms. The van der Waals surface area contributed by atoms with Crippen LogP contribution in [0.4, 0.5) is 0 Å². The molecule has 0 fully saturated rings. The normalized spacial score (nSPS) is 1.60. The van der Waals surface area contributed by atoms with E-state index in [1.807, 2.05) is 0 Å². The number of nitrogens with zero attached hydrogens (tertiary/aromatic N) is 1. The second kappa shape index (κ2) is 140. The first-order valence-electron chi connectivity index (χ1n) is 0.458. The molecule has 0 aliphatic rings. The summed E-state index contributed by atoms with van der Waals surface area (Å²) < 4.78 is 0. The zero-order valence-electron chi connectivity index (χ0n) is 1.92. The Labute approximate surface area is 59.8 Å². The van der Waals surface area contributed by atoms with Crippen LogP contribution >= 0.6 is 0 Å². The van der Waals surface area contributed by atoms with Crippen molar-refractivity contribution in [1.29, 1.82) is 5.26 Å². The van der Waals surface area contributed by atoms with Crippen LogP contribution in [-0.4, -0.2) is 48.3 Å². The first kappa shape index (κ1) is 17.3. The summed E-state index contributed by atoms with van der Waals surface area (Å²) in [6.07, 6.45) is 0. The molecular formula is CH5CaNO2. The van der Waals surface area contributed by atoms with E-state index in [9.17, 15) is 0 Å². The van der Waals surface area contributed by atoms with Crippen molar-refractivity contribution in [1.82, 2.24) is 0 Å². The van der Waals surface area contributed by atoms with Crippen LogP contribution in [0.3, 0.4) is 0 Å². The van der Waals surface area contributed by atoms with Crippen molar-refractivity contribution in [2.45, 2.75) is 0 Å². The van der Waals surface area contributed by atoms with E-state index in [0.717, 1.165) is 0 Å². The molecule has 3 nitrogen and oxygen atoms in total. The third-order valence-corrected chi connectivity index (χ3v) is 0. The summed E-state index contributed by atoms with van der Waals surface area (Å²) in [5, 5.41) is 18.5. The van der Waals surface area contributed by atoms with Gasteiger partial charge in [0.2, 0.25) is 0 Å². The average Bonchev–Trinajstić information content (AvgIpc) is 1.50. The maximum atomic E-state index is 6.50. The molecule has 0 rings (SSSR count). The fraction of sp³-hybridized carbons (Fsp3) is 0. The second-order valence-electron chi connectivity index (χ2n) is 0. The summed E-state index contributed by atoms with van der Waals surface area (Å²) in [5.74, 6) is 0. The van der Waals surface area contributed by atoms with E-state index in [1.54, 1.807) is 0 Å². The third kappa shape index (κ3) is 74.2. The number of hydrogen-bond donors (Lipinski definition) is 2. The van der Waals surface area contributed by atoms with E-state index in [2.05, 4.69) is 6.57 Å². The molecule has 0 atom stereocenters. The van der Waals surface area contributed by atoms with E-state index in [-0.39, 0.29) is 37.7 Å². The number of nitriles is 1. The van der Waals surface area contributed by atoms with Gasteiger partial charge in [-0.3, -0.25) is 10.5 Å². The third-order valence-electron chi connectivity index (χ3n) is 0. The summed E-state index contributed by atoms with van der Waals surface area (Å²) in [6, 6.07) is 0. The minimum absolute atomic E-state index is 0. The molecule has 0 saturated carbocycles. The van der Waals surface area contributed by atoms with Gasteiger partial charge in [0.1, 0.15) is 0 Å². The summed E-state index contributed by atoms with van der Waals surface area (Å²) in [7, 11) is 0. The van der Waals surface area contributed by atoms with E-state index in [4.69, 9.17) is 15.8 Å². The molecule has 0 aromatic rings. The first-order chi connectivity index (χ1) is 2.00. The summed E-state index contributed by atoms with van der Waals surface area (Å²) in [6.45, 7) is 3.50. The molecule has 0 saturated heterocycles. The molecule has 4 heteroatoms. The monoisotopic (exact) mass is 103 g/mol. The second-order valence-corrected chi connectivity index (χ2v) is 0. The Hall–Kier alpha value is 0.670. The van der Waals surface area contributed by atoms with Gasteiger partial charge in [0.25, 0.3) is 0 Å². The van der Waals surface area contributed by atoms with Gasteiger partial charge in [0.15, 0.2) is 0 Å². The van der Waals surface area contributed by atoms with Crippen molar-refractivity contribution in [2.24, 2.45) is 0 Å². The SMILES string of the molecule is C#N.OO.[CaH2]. The molecule has 0 aromatic carbocycles. The van der Waals surface area contributed by atoms with Gasteiger partial charge in [0, 0.05) is 6.57 Å². The van der Waals surface area contributed by atoms with Crippen LogP contribution < -0.4 is 0 Å². The fourth-order valence-corrected chi connectivity index (χ4v) is 0. The van der Waals surface area contributed by atoms with Gasteiger partial charge in [-0.1, -0.05) is 0 Å². The van der Waals surface area contributed by atoms with E-state index >= 15 is 0 Å². The van der Waals surface area contributed by atoms with Crippen LogP contribution in [0.15, 0.2) is 0 Å². The maximum absolute atomic E-state index is 6.50. The van der Waals surface area contributed by atoms with Crippen LogP contribution in [0.5, 0.6) is 0 Å². The molecule has 5 heavy (non-hydrogen) atoms. The van der Waals surface area contributed by atoms with Gasteiger partial charge in [-0.25, -0.2) is 5.26 Å². The molecule has 0 aliphatic heterocycles. The van der Waals surface area contributed by atoms with Crippen molar-refractivity contribution in [2.75, 3.05) is 0 Å². The Kier molecular flexibility index (Phi) is 486. The Morgan fingerprint density at radius 1 is 1.20 bits per heavy atom. The van der Waals surface area contributed by atoms with E-state index < -0.39 is 0 Å². The van der Waals surface area contributed by atoms with Crippen LogP contribution in [0, 0.1) is 11.8 Å². The molecule has 28 valence electrons. The molecule has 0 aromatic heterocycles. The Morgan fingerprint density at radius 2 is 1.20 bits per heavy atom. The molecule has 0 amide bonds. The van der Waals surface area contributed by atoms with Gasteiger partial charge in [-0.2, -0.15) is 0 Å². The van der Waals surface area contributed by atoms with Gasteiger partial charge >= 0.3 is 37.7 Å². The molecule has 2 N–H and O–H groups in total. The summed E-state index contributed by atoms with van der Waals surface area (Å²) in [4.78, 5) is 0. The topological polar surface area (TPSA) is 64.2 Å². The number of hydrogen-bond acceptors (Lipinski definition) is 3. The predicted molar refractivity (Wildman–Crippen MR) is 20.5 cm³/mol. The Balaban J connectivity index is -0.0000000133. The van der Waals surface area contributed by atoms with Crippen LogP contribution in [0.25, 0.3) is 0 Å². The molecule has 0 aliphatic carbocycles. The molecule has 0 radical (unpaired) electrons. The zero-order valence-corrected chi connectivity index (χ0v) is 1.92. The predicted octanol–water partition coefficient (Wildman–Crippen LogP) is -0.759. The molecular weight excluding hydrogens is 98.1 g/mol. The van der Waals surface area contributed by atoms with E-state index in [1.165, 1.54) is 0 Å². The minimum atomic E-state index is 0. The van der Waals surface area contributed by atoms with Crippen molar-refractivity contribution < 1.29 is 10.5 Å². The zero-order chi connectivity index (χ0) is 4.00. The molecule has 0 spiro atoms. The van der Waals surface area contributed by atoms with Gasteiger partial charge < -0.3 is 0 Å². The van der Waals surface area contributed by atoms with E-state index in [0.29, 0.717) is 0 Å². The Bertz CT molecular complexity index is 14.4. The van der Waals surface area contributed by atoms with Gasteiger partial charge in [-0.05, 0) is 0 Å². The van der Waals surface area contributed by atoms with Crippen LogP contribution in [0.1, 0.15) is 0 Å². The van der Waals surface area contributed by atoms with Crippen molar-refractivity contribution in [3.63, 3.8) is 0 Å². The van der Waals surface area contributed by atoms with Crippen molar-refractivity contribution in [3.05, 3.63) is 0 Å². The van der Waals surface area contributed by atoms with Gasteiger partial charge in [0.05, 0.1) is 0 Å². The van der Waals surface area contributed by atoms with Crippen LogP contribution in [0.2, 0.25) is 0 Å². The van der Waals surface area contributed by atoms with Crippen LogP contribution in [-0.2, 0) is 0 Å². The average molecular weight is 103 g/mol. The summed E-state index contributed by atoms with van der Waals surface area (Å²) >= 11 is 0.